The minimum Gasteiger partial charge on any atom is -0.393 e. The molecule has 3 heteroatoms. The molecule has 0 fully saturated rings. The molecule has 0 aliphatic heterocycles. The van der Waals surface area contributed by atoms with Crippen LogP contribution in [0, 0.1) is 5.41 Å². The number of allylic oxidation sites excluding steroid dienone is 16. The summed E-state index contributed by atoms with van der Waals surface area (Å²) in [6, 6.07) is 0. The van der Waals surface area contributed by atoms with Crippen molar-refractivity contribution in [2.45, 2.75) is 86.9 Å². The fraction of sp³-hybridized carbons (Fsp3) is 0.424. The topological polar surface area (TPSA) is 57.5 Å². The number of Topliss-reactive ketones (excluding diaryl/α,β-unsaturated/α-hetero) is 1. The van der Waals surface area contributed by atoms with Gasteiger partial charge in [0.2, 0.25) is 0 Å². The monoisotopic (exact) mass is 490 g/mol. The second-order valence-electron chi connectivity index (χ2n) is 10.6. The van der Waals surface area contributed by atoms with Crippen molar-refractivity contribution in [3.8, 4) is 0 Å². The summed E-state index contributed by atoms with van der Waals surface area (Å²) < 4.78 is 0. The lowest BCUT2D eigenvalue weighted by molar-refractivity contribution is -0.118. The van der Waals surface area contributed by atoms with Gasteiger partial charge >= 0.3 is 0 Å². The minimum absolute atomic E-state index is 0.00294. The van der Waals surface area contributed by atoms with Crippen LogP contribution in [-0.2, 0) is 4.79 Å². The first kappa shape index (κ1) is 31.3. The Bertz CT molecular complexity index is 1030. The van der Waals surface area contributed by atoms with E-state index >= 15 is 0 Å². The highest BCUT2D eigenvalue weighted by molar-refractivity contribution is 5.76. The zero-order valence-corrected chi connectivity index (χ0v) is 23.5. The van der Waals surface area contributed by atoms with Gasteiger partial charge in [-0.05, 0) is 70.9 Å². The number of carbonyl (C=O) groups excluding carboxylic acids is 1. The van der Waals surface area contributed by atoms with Crippen molar-refractivity contribution < 1.29 is 15.0 Å². The third-order valence-electron chi connectivity index (χ3n) is 6.26. The number of hydrogen-bond donors (Lipinski definition) is 2. The first-order valence-corrected chi connectivity index (χ1v) is 12.8. The Hall–Kier alpha value is -2.75. The van der Waals surface area contributed by atoms with Gasteiger partial charge in [-0.25, -0.2) is 0 Å². The lowest BCUT2D eigenvalue weighted by Gasteiger charge is -2.35. The molecule has 0 heterocycles. The average molecular weight is 491 g/mol. The van der Waals surface area contributed by atoms with Crippen molar-refractivity contribution in [3.63, 3.8) is 0 Å². The van der Waals surface area contributed by atoms with E-state index in [0.29, 0.717) is 0 Å². The predicted molar refractivity (Wildman–Crippen MR) is 155 cm³/mol. The first-order valence-electron chi connectivity index (χ1n) is 12.8. The van der Waals surface area contributed by atoms with Crippen LogP contribution < -0.4 is 0 Å². The molecule has 196 valence electrons. The fourth-order valence-electron chi connectivity index (χ4n) is 4.22. The standard InChI is InChI=1S/C33H46O3/c1-24(13-9-10-14-25(2)17-12-18-27(4)32(36)22-29(6)34)15-11-16-26(3)19-20-31-28(5)21-30(35)23-33(31,7)8/h9-20,30,32,35-36H,21-23H2,1-8H3/b10-9+,15-11+,17-12+,20-19+,24-13+,25-14+,26-16+,27-18+. The first-order chi connectivity index (χ1) is 16.8. The summed E-state index contributed by atoms with van der Waals surface area (Å²) >= 11 is 0. The Morgan fingerprint density at radius 1 is 0.889 bits per heavy atom. The van der Waals surface area contributed by atoms with Crippen molar-refractivity contribution in [2.75, 3.05) is 0 Å². The Labute approximate surface area is 219 Å². The van der Waals surface area contributed by atoms with Crippen LogP contribution in [0.1, 0.15) is 74.7 Å². The molecule has 0 aromatic rings. The van der Waals surface area contributed by atoms with Gasteiger partial charge in [0, 0.05) is 6.42 Å². The van der Waals surface area contributed by atoms with E-state index in [2.05, 4.69) is 71.1 Å². The maximum absolute atomic E-state index is 11.1. The average Bonchev–Trinajstić information content (AvgIpc) is 2.74. The van der Waals surface area contributed by atoms with Crippen LogP contribution in [0.15, 0.2) is 106 Å². The molecule has 1 rings (SSSR count). The Morgan fingerprint density at radius 3 is 1.92 bits per heavy atom. The molecule has 36 heavy (non-hydrogen) atoms. The molecule has 2 atom stereocenters. The van der Waals surface area contributed by atoms with Gasteiger partial charge in [-0.3, -0.25) is 4.79 Å². The van der Waals surface area contributed by atoms with Crippen molar-refractivity contribution in [2.24, 2.45) is 5.41 Å². The summed E-state index contributed by atoms with van der Waals surface area (Å²) in [7, 11) is 0. The lowest BCUT2D eigenvalue weighted by Crippen LogP contribution is -2.28. The van der Waals surface area contributed by atoms with Gasteiger partial charge in [0.1, 0.15) is 5.78 Å². The normalized spacial score (nSPS) is 21.6. The van der Waals surface area contributed by atoms with Crippen LogP contribution in [-0.4, -0.2) is 28.2 Å². The second-order valence-corrected chi connectivity index (χ2v) is 10.6. The van der Waals surface area contributed by atoms with Gasteiger partial charge in [0.25, 0.3) is 0 Å². The van der Waals surface area contributed by atoms with Gasteiger partial charge in [-0.1, -0.05) is 109 Å². The molecule has 0 bridgehead atoms. The zero-order valence-electron chi connectivity index (χ0n) is 23.5. The summed E-state index contributed by atoms with van der Waals surface area (Å²) in [5.41, 5.74) is 6.81. The molecule has 0 aromatic carbocycles. The lowest BCUT2D eigenvalue weighted by atomic mass is 9.71. The van der Waals surface area contributed by atoms with Crippen LogP contribution in [0.2, 0.25) is 0 Å². The summed E-state index contributed by atoms with van der Waals surface area (Å²) in [5, 5.41) is 20.0. The molecule has 0 saturated carbocycles. The molecule has 0 aromatic heterocycles. The van der Waals surface area contributed by atoms with Gasteiger partial charge in [-0.15, -0.1) is 0 Å². The predicted octanol–water partition coefficient (Wildman–Crippen LogP) is 7.83. The van der Waals surface area contributed by atoms with Crippen molar-refractivity contribution in [1.29, 1.82) is 0 Å². The molecular weight excluding hydrogens is 444 g/mol. The highest BCUT2D eigenvalue weighted by Gasteiger charge is 2.31. The van der Waals surface area contributed by atoms with E-state index in [1.54, 1.807) is 0 Å². The van der Waals surface area contributed by atoms with Crippen molar-refractivity contribution in [3.05, 3.63) is 106 Å². The quantitative estimate of drug-likeness (QED) is 0.290. The van der Waals surface area contributed by atoms with Crippen LogP contribution in [0.4, 0.5) is 0 Å². The smallest absolute Gasteiger partial charge is 0.132 e. The number of ketones is 1. The van der Waals surface area contributed by atoms with Crippen LogP contribution in [0.25, 0.3) is 0 Å². The molecule has 2 unspecified atom stereocenters. The SMILES string of the molecule is CC(=O)CC(O)/C(C)=C/C=C/C(C)=C/C=C/C=C(C)/C=C/C=C(C)/C=C/C1=C(C)CC(O)CC1(C)C. The number of rotatable bonds is 11. The molecule has 0 spiro atoms. The van der Waals surface area contributed by atoms with Crippen LogP contribution in [0.3, 0.4) is 0 Å². The van der Waals surface area contributed by atoms with Gasteiger partial charge in [-0.2, -0.15) is 0 Å². The highest BCUT2D eigenvalue weighted by atomic mass is 16.3. The highest BCUT2D eigenvalue weighted by Crippen LogP contribution is 2.41. The molecule has 1 aliphatic carbocycles. The molecular formula is C33H46O3. The van der Waals surface area contributed by atoms with E-state index in [9.17, 15) is 15.0 Å². The van der Waals surface area contributed by atoms with Gasteiger partial charge < -0.3 is 10.2 Å². The van der Waals surface area contributed by atoms with E-state index in [4.69, 9.17) is 0 Å². The Balaban J connectivity index is 2.66. The maximum atomic E-state index is 11.1. The number of aliphatic hydroxyl groups excluding tert-OH is 2. The summed E-state index contributed by atoms with van der Waals surface area (Å²) in [4.78, 5) is 11.1. The third kappa shape index (κ3) is 12.3. The Kier molecular flexibility index (Phi) is 13.4. The zero-order chi connectivity index (χ0) is 27.3. The van der Waals surface area contributed by atoms with Crippen LogP contribution >= 0.6 is 0 Å². The minimum atomic E-state index is -0.715. The third-order valence-corrected chi connectivity index (χ3v) is 6.26. The number of aliphatic hydroxyl groups is 2. The molecule has 0 amide bonds. The number of hydrogen-bond acceptors (Lipinski definition) is 3. The van der Waals surface area contributed by atoms with Crippen molar-refractivity contribution >= 4 is 5.78 Å². The van der Waals surface area contributed by atoms with E-state index in [1.807, 2.05) is 50.3 Å². The second kappa shape index (κ2) is 15.4. The van der Waals surface area contributed by atoms with E-state index in [1.165, 1.54) is 23.6 Å². The molecule has 1 aliphatic rings. The summed E-state index contributed by atoms with van der Waals surface area (Å²) in [6.07, 6.45) is 25.2. The molecule has 0 saturated heterocycles. The molecule has 0 radical (unpaired) electrons. The summed E-state index contributed by atoms with van der Waals surface area (Å²) in [6.45, 7) is 16.0. The molecule has 2 N–H and O–H groups in total. The molecule has 3 nitrogen and oxygen atoms in total. The Morgan fingerprint density at radius 2 is 1.39 bits per heavy atom. The van der Waals surface area contributed by atoms with E-state index in [0.717, 1.165) is 29.6 Å². The fourth-order valence-corrected chi connectivity index (χ4v) is 4.22. The van der Waals surface area contributed by atoms with Gasteiger partial charge in [0.15, 0.2) is 0 Å². The largest absolute Gasteiger partial charge is 0.393 e. The summed E-state index contributed by atoms with van der Waals surface area (Å²) in [5.74, 6) is -0.0180. The van der Waals surface area contributed by atoms with E-state index in [-0.39, 0.29) is 23.7 Å². The maximum Gasteiger partial charge on any atom is 0.132 e. The van der Waals surface area contributed by atoms with Crippen molar-refractivity contribution in [1.82, 2.24) is 0 Å². The number of carbonyl (C=O) groups is 1. The van der Waals surface area contributed by atoms with Gasteiger partial charge in [0.05, 0.1) is 12.2 Å². The van der Waals surface area contributed by atoms with E-state index < -0.39 is 6.10 Å². The van der Waals surface area contributed by atoms with Crippen LogP contribution in [0.5, 0.6) is 0 Å².